The molecular weight excluding hydrogens is 324 g/mol. The number of nitrogens with zero attached hydrogens (tertiary/aromatic N) is 4. The Morgan fingerprint density at radius 2 is 1.69 bits per heavy atom. The summed E-state index contributed by atoms with van der Waals surface area (Å²) in [5.74, 6) is 0. The number of aromatic amines is 2. The maximum Gasteiger partial charge on any atom is 0.119 e. The van der Waals surface area contributed by atoms with E-state index in [-0.39, 0.29) is 0 Å². The molecule has 0 saturated heterocycles. The van der Waals surface area contributed by atoms with Gasteiger partial charge in [0, 0.05) is 36.3 Å². The van der Waals surface area contributed by atoms with E-state index in [1.54, 1.807) is 6.33 Å². The van der Waals surface area contributed by atoms with Crippen LogP contribution in [0, 0.1) is 0 Å². The molecular formula is C20H16N6. The highest BCUT2D eigenvalue weighted by Gasteiger charge is 2.39. The minimum absolute atomic E-state index is 0.426. The second-order valence-corrected chi connectivity index (χ2v) is 6.33. The largest absolute Gasteiger partial charge is 0.351 e. The third kappa shape index (κ3) is 2.19. The molecule has 1 aliphatic rings. The molecule has 5 rings (SSSR count). The van der Waals surface area contributed by atoms with Crippen molar-refractivity contribution >= 4 is 6.08 Å². The number of hydrogen-bond acceptors (Lipinski definition) is 4. The van der Waals surface area contributed by atoms with Crippen molar-refractivity contribution in [3.05, 3.63) is 90.0 Å². The van der Waals surface area contributed by atoms with Crippen molar-refractivity contribution in [1.82, 2.24) is 30.1 Å². The number of H-pyrrole nitrogens is 2. The summed E-state index contributed by atoms with van der Waals surface area (Å²) < 4.78 is 0. The fraction of sp³-hybridized carbons (Fsp3) is 0.100. The van der Waals surface area contributed by atoms with Crippen molar-refractivity contribution in [2.75, 3.05) is 0 Å². The van der Waals surface area contributed by atoms with Crippen LogP contribution in [-0.4, -0.2) is 30.1 Å². The first-order valence-electron chi connectivity index (χ1n) is 8.45. The maximum atomic E-state index is 4.64. The van der Waals surface area contributed by atoms with E-state index in [9.17, 15) is 0 Å². The van der Waals surface area contributed by atoms with Crippen LogP contribution in [0.3, 0.4) is 0 Å². The molecule has 0 amide bonds. The van der Waals surface area contributed by atoms with Crippen LogP contribution in [0.1, 0.15) is 22.6 Å². The molecule has 26 heavy (non-hydrogen) atoms. The van der Waals surface area contributed by atoms with Crippen LogP contribution in [0.25, 0.3) is 17.5 Å². The first kappa shape index (κ1) is 14.8. The van der Waals surface area contributed by atoms with Gasteiger partial charge in [0.2, 0.25) is 0 Å². The molecule has 6 heteroatoms. The summed E-state index contributed by atoms with van der Waals surface area (Å²) in [7, 11) is 0. The zero-order valence-electron chi connectivity index (χ0n) is 13.9. The Hall–Kier alpha value is -3.54. The van der Waals surface area contributed by atoms with E-state index in [4.69, 9.17) is 0 Å². The summed E-state index contributed by atoms with van der Waals surface area (Å²) in [6.07, 6.45) is 12.2. The first-order chi connectivity index (χ1) is 12.9. The maximum absolute atomic E-state index is 4.64. The van der Waals surface area contributed by atoms with Gasteiger partial charge in [0.25, 0.3) is 0 Å². The van der Waals surface area contributed by atoms with Crippen LogP contribution in [0.4, 0.5) is 0 Å². The number of aromatic nitrogens is 6. The van der Waals surface area contributed by atoms with Gasteiger partial charge < -0.3 is 4.98 Å². The molecule has 0 aromatic carbocycles. The van der Waals surface area contributed by atoms with Gasteiger partial charge in [0.05, 0.1) is 23.1 Å². The predicted molar refractivity (Wildman–Crippen MR) is 98.2 cm³/mol. The normalized spacial score (nSPS) is 14.9. The van der Waals surface area contributed by atoms with E-state index in [1.807, 2.05) is 42.9 Å². The van der Waals surface area contributed by atoms with Gasteiger partial charge in [0.15, 0.2) is 0 Å². The van der Waals surface area contributed by atoms with E-state index in [0.717, 1.165) is 34.0 Å². The number of rotatable bonds is 3. The molecule has 0 atom stereocenters. The fourth-order valence-electron chi connectivity index (χ4n) is 3.59. The molecule has 4 aromatic rings. The standard InChI is InChI=1S/C20H16N6/c1-3-9-22-17(5-1)20(18-6-2-4-10-23-18)8-7-14-15(11-20)25-26-19(14)16-12-21-13-24-16/h1-10,12-13H,11H2,(H,21,24)(H,25,26). The van der Waals surface area contributed by atoms with Crippen molar-refractivity contribution in [3.63, 3.8) is 0 Å². The molecule has 0 spiro atoms. The van der Waals surface area contributed by atoms with Gasteiger partial charge in [-0.1, -0.05) is 24.3 Å². The Morgan fingerprint density at radius 3 is 2.31 bits per heavy atom. The lowest BCUT2D eigenvalue weighted by atomic mass is 9.72. The number of nitrogens with one attached hydrogen (secondary N) is 2. The molecule has 0 aliphatic heterocycles. The second kappa shape index (κ2) is 5.77. The number of allylic oxidation sites excluding steroid dienone is 1. The third-order valence-electron chi connectivity index (χ3n) is 4.86. The summed E-state index contributed by atoms with van der Waals surface area (Å²) in [5, 5.41) is 7.69. The summed E-state index contributed by atoms with van der Waals surface area (Å²) in [5.41, 5.74) is 5.32. The van der Waals surface area contributed by atoms with Crippen LogP contribution >= 0.6 is 0 Å². The van der Waals surface area contributed by atoms with Gasteiger partial charge >= 0.3 is 0 Å². The Kier molecular flexibility index (Phi) is 3.28. The molecule has 0 unspecified atom stereocenters. The van der Waals surface area contributed by atoms with Crippen LogP contribution in [-0.2, 0) is 11.8 Å². The monoisotopic (exact) mass is 340 g/mol. The molecule has 6 nitrogen and oxygen atoms in total. The van der Waals surface area contributed by atoms with Crippen molar-refractivity contribution < 1.29 is 0 Å². The average molecular weight is 340 g/mol. The van der Waals surface area contributed by atoms with Crippen LogP contribution in [0.2, 0.25) is 0 Å². The molecule has 4 aromatic heterocycles. The second-order valence-electron chi connectivity index (χ2n) is 6.33. The van der Waals surface area contributed by atoms with Crippen LogP contribution < -0.4 is 0 Å². The number of hydrogen-bond donors (Lipinski definition) is 2. The lowest BCUT2D eigenvalue weighted by Gasteiger charge is -2.32. The highest BCUT2D eigenvalue weighted by molar-refractivity contribution is 5.74. The van der Waals surface area contributed by atoms with Crippen molar-refractivity contribution in [2.24, 2.45) is 0 Å². The molecule has 2 N–H and O–H groups in total. The molecule has 0 radical (unpaired) electrons. The Labute approximate surface area is 150 Å². The minimum atomic E-state index is -0.426. The first-order valence-corrected chi connectivity index (χ1v) is 8.45. The minimum Gasteiger partial charge on any atom is -0.351 e. The van der Waals surface area contributed by atoms with E-state index in [1.165, 1.54) is 0 Å². The Balaban J connectivity index is 1.67. The van der Waals surface area contributed by atoms with E-state index < -0.39 is 5.41 Å². The zero-order chi connectivity index (χ0) is 17.4. The smallest absolute Gasteiger partial charge is 0.119 e. The third-order valence-corrected chi connectivity index (χ3v) is 4.86. The van der Waals surface area contributed by atoms with Crippen molar-refractivity contribution in [3.8, 4) is 11.4 Å². The summed E-state index contributed by atoms with van der Waals surface area (Å²) in [4.78, 5) is 16.6. The number of pyridine rings is 2. The Morgan fingerprint density at radius 1 is 0.923 bits per heavy atom. The summed E-state index contributed by atoms with van der Waals surface area (Å²) >= 11 is 0. The van der Waals surface area contributed by atoms with Gasteiger partial charge in [-0.2, -0.15) is 5.10 Å². The molecule has 0 bridgehead atoms. The van der Waals surface area contributed by atoms with Gasteiger partial charge in [-0.25, -0.2) is 4.98 Å². The van der Waals surface area contributed by atoms with Crippen molar-refractivity contribution in [1.29, 1.82) is 0 Å². The average Bonchev–Trinajstić information content (AvgIpc) is 3.38. The SMILES string of the molecule is C1=CC(c2ccccn2)(c2ccccn2)Cc2[nH]nc(-c3c[nH]cn3)c21. The zero-order valence-corrected chi connectivity index (χ0v) is 13.9. The van der Waals surface area contributed by atoms with E-state index in [2.05, 4.69) is 54.4 Å². The lowest BCUT2D eigenvalue weighted by Crippen LogP contribution is -2.32. The van der Waals surface area contributed by atoms with Gasteiger partial charge in [-0.05, 0) is 24.3 Å². The highest BCUT2D eigenvalue weighted by Crippen LogP contribution is 2.41. The highest BCUT2D eigenvalue weighted by atomic mass is 15.1. The number of fused-ring (bicyclic) bond motifs is 1. The van der Waals surface area contributed by atoms with Crippen LogP contribution in [0.5, 0.6) is 0 Å². The summed E-state index contributed by atoms with van der Waals surface area (Å²) in [6, 6.07) is 12.0. The lowest BCUT2D eigenvalue weighted by molar-refractivity contribution is 0.582. The van der Waals surface area contributed by atoms with E-state index in [0.29, 0.717) is 6.42 Å². The predicted octanol–water partition coefficient (Wildman–Crippen LogP) is 3.15. The quantitative estimate of drug-likeness (QED) is 0.600. The number of imidazole rings is 1. The van der Waals surface area contributed by atoms with E-state index >= 15 is 0 Å². The van der Waals surface area contributed by atoms with Gasteiger partial charge in [-0.3, -0.25) is 15.1 Å². The topological polar surface area (TPSA) is 83.1 Å². The van der Waals surface area contributed by atoms with Crippen molar-refractivity contribution in [2.45, 2.75) is 11.8 Å². The molecule has 0 saturated carbocycles. The molecule has 4 heterocycles. The van der Waals surface area contributed by atoms with Gasteiger partial charge in [0.1, 0.15) is 11.4 Å². The molecule has 0 fully saturated rings. The van der Waals surface area contributed by atoms with Gasteiger partial charge in [-0.15, -0.1) is 0 Å². The molecule has 126 valence electrons. The fourth-order valence-corrected chi connectivity index (χ4v) is 3.59. The summed E-state index contributed by atoms with van der Waals surface area (Å²) in [6.45, 7) is 0. The molecule has 1 aliphatic carbocycles. The Bertz CT molecular complexity index is 1010. The van der Waals surface area contributed by atoms with Crippen LogP contribution in [0.15, 0.2) is 67.4 Å².